The van der Waals surface area contributed by atoms with Gasteiger partial charge in [-0.25, -0.2) is 0 Å². The fourth-order valence-corrected chi connectivity index (χ4v) is 0.298. The summed E-state index contributed by atoms with van der Waals surface area (Å²) >= 11 is 0. The van der Waals surface area contributed by atoms with Crippen molar-refractivity contribution >= 4 is 0 Å². The molecule has 0 fully saturated rings. The molecule has 9 heavy (non-hydrogen) atoms. The minimum absolute atomic E-state index is 0.179. The second kappa shape index (κ2) is 2.86. The third-order valence-electron chi connectivity index (χ3n) is 1.58. The van der Waals surface area contributed by atoms with Gasteiger partial charge in [0.25, 0.3) is 0 Å². The SMILES string of the molecule is C#CC(C)(CO)C(C)O. The fourth-order valence-electron chi connectivity index (χ4n) is 0.298. The Kier molecular flexibility index (Phi) is 2.69. The van der Waals surface area contributed by atoms with Gasteiger partial charge in [0.15, 0.2) is 0 Å². The lowest BCUT2D eigenvalue weighted by Crippen LogP contribution is -2.31. The first-order chi connectivity index (χ1) is 4.06. The molecule has 0 saturated carbocycles. The van der Waals surface area contributed by atoms with Crippen LogP contribution in [0.2, 0.25) is 0 Å². The number of rotatable bonds is 2. The number of aliphatic hydroxyl groups is 2. The summed E-state index contributed by atoms with van der Waals surface area (Å²) in [5.74, 6) is 2.33. The minimum atomic E-state index is -0.778. The number of aliphatic hydroxyl groups excluding tert-OH is 2. The first-order valence-corrected chi connectivity index (χ1v) is 2.83. The van der Waals surface area contributed by atoms with Crippen molar-refractivity contribution in [3.63, 3.8) is 0 Å². The van der Waals surface area contributed by atoms with Gasteiger partial charge in [0, 0.05) is 0 Å². The van der Waals surface area contributed by atoms with Crippen LogP contribution in [0.1, 0.15) is 13.8 Å². The second-order valence-corrected chi connectivity index (χ2v) is 2.40. The molecular weight excluding hydrogens is 116 g/mol. The van der Waals surface area contributed by atoms with Crippen LogP contribution in [0.4, 0.5) is 0 Å². The van der Waals surface area contributed by atoms with Crippen molar-refractivity contribution in [2.24, 2.45) is 5.41 Å². The van der Waals surface area contributed by atoms with Crippen LogP contribution >= 0.6 is 0 Å². The van der Waals surface area contributed by atoms with Crippen LogP contribution in [0.5, 0.6) is 0 Å². The minimum Gasteiger partial charge on any atom is -0.395 e. The molecule has 0 amide bonds. The highest BCUT2D eigenvalue weighted by molar-refractivity contribution is 5.05. The lowest BCUT2D eigenvalue weighted by atomic mass is 9.87. The molecule has 0 rings (SSSR count). The maximum absolute atomic E-state index is 8.97. The van der Waals surface area contributed by atoms with E-state index in [4.69, 9.17) is 16.6 Å². The Balaban J connectivity index is 4.14. The number of terminal acetylenes is 1. The maximum Gasteiger partial charge on any atom is 0.0769 e. The summed E-state index contributed by atoms with van der Waals surface area (Å²) < 4.78 is 0. The van der Waals surface area contributed by atoms with Crippen molar-refractivity contribution in [2.75, 3.05) is 6.61 Å². The summed E-state index contributed by atoms with van der Waals surface area (Å²) in [6, 6.07) is 0. The van der Waals surface area contributed by atoms with Crippen LogP contribution in [0, 0.1) is 17.8 Å². The largest absolute Gasteiger partial charge is 0.395 e. The van der Waals surface area contributed by atoms with Crippen molar-refractivity contribution in [3.8, 4) is 12.3 Å². The van der Waals surface area contributed by atoms with Crippen molar-refractivity contribution in [1.82, 2.24) is 0 Å². The zero-order chi connectivity index (χ0) is 7.49. The fraction of sp³-hybridized carbons (Fsp3) is 0.714. The molecule has 0 aliphatic heterocycles. The molecule has 2 unspecified atom stereocenters. The lowest BCUT2D eigenvalue weighted by molar-refractivity contribution is 0.0475. The van der Waals surface area contributed by atoms with Gasteiger partial charge in [0.2, 0.25) is 0 Å². The second-order valence-electron chi connectivity index (χ2n) is 2.40. The molecule has 2 heteroatoms. The first-order valence-electron chi connectivity index (χ1n) is 2.83. The first kappa shape index (κ1) is 8.48. The summed E-state index contributed by atoms with van der Waals surface area (Å²) in [6.45, 7) is 3.02. The Hall–Kier alpha value is -0.520. The van der Waals surface area contributed by atoms with Gasteiger partial charge in [-0.15, -0.1) is 6.42 Å². The van der Waals surface area contributed by atoms with E-state index in [0.29, 0.717) is 0 Å². The van der Waals surface area contributed by atoms with Gasteiger partial charge < -0.3 is 10.2 Å². The molecule has 0 spiro atoms. The van der Waals surface area contributed by atoms with Crippen molar-refractivity contribution < 1.29 is 10.2 Å². The van der Waals surface area contributed by atoms with E-state index in [9.17, 15) is 0 Å². The average Bonchev–Trinajstić information content (AvgIpc) is 1.86. The Morgan fingerprint density at radius 1 is 1.78 bits per heavy atom. The van der Waals surface area contributed by atoms with Crippen LogP contribution in [0.3, 0.4) is 0 Å². The number of hydrogen-bond acceptors (Lipinski definition) is 2. The van der Waals surface area contributed by atoms with E-state index in [2.05, 4.69) is 5.92 Å². The van der Waals surface area contributed by atoms with Crippen LogP contribution < -0.4 is 0 Å². The van der Waals surface area contributed by atoms with Crippen molar-refractivity contribution in [2.45, 2.75) is 20.0 Å². The molecule has 2 nitrogen and oxygen atoms in total. The molecule has 0 bridgehead atoms. The third kappa shape index (κ3) is 1.70. The van der Waals surface area contributed by atoms with Crippen LogP contribution in [-0.2, 0) is 0 Å². The van der Waals surface area contributed by atoms with E-state index in [1.54, 1.807) is 13.8 Å². The Bertz CT molecular complexity index is 123. The molecule has 2 atom stereocenters. The Morgan fingerprint density at radius 3 is 2.22 bits per heavy atom. The molecule has 0 heterocycles. The van der Waals surface area contributed by atoms with Gasteiger partial charge in [-0.05, 0) is 13.8 Å². The molecule has 0 aliphatic carbocycles. The molecule has 52 valence electrons. The maximum atomic E-state index is 8.97. The highest BCUT2D eigenvalue weighted by Gasteiger charge is 2.25. The summed E-state index contributed by atoms with van der Waals surface area (Å²) in [5, 5.41) is 17.6. The number of hydrogen-bond donors (Lipinski definition) is 2. The van der Waals surface area contributed by atoms with Crippen LogP contribution in [-0.4, -0.2) is 22.9 Å². The summed E-state index contributed by atoms with van der Waals surface area (Å²) in [4.78, 5) is 0. The molecule has 0 aromatic carbocycles. The molecular formula is C7H12O2. The van der Waals surface area contributed by atoms with Gasteiger partial charge in [-0.3, -0.25) is 0 Å². The highest BCUT2D eigenvalue weighted by atomic mass is 16.3. The van der Waals surface area contributed by atoms with Gasteiger partial charge in [-0.1, -0.05) is 5.92 Å². The standard InChI is InChI=1S/C7H12O2/c1-4-7(3,5-8)6(2)9/h1,6,8-9H,5H2,2-3H3. The highest BCUT2D eigenvalue weighted by Crippen LogP contribution is 2.18. The van der Waals surface area contributed by atoms with Gasteiger partial charge in [0.05, 0.1) is 18.1 Å². The monoisotopic (exact) mass is 128 g/mol. The van der Waals surface area contributed by atoms with Gasteiger partial charge in [0.1, 0.15) is 0 Å². The predicted octanol–water partition coefficient (Wildman–Crippen LogP) is -0.00100. The molecule has 0 saturated heterocycles. The molecule has 0 aromatic rings. The van der Waals surface area contributed by atoms with Gasteiger partial charge in [-0.2, -0.15) is 0 Å². The quantitative estimate of drug-likeness (QED) is 0.514. The Morgan fingerprint density at radius 2 is 2.22 bits per heavy atom. The van der Waals surface area contributed by atoms with E-state index in [0.717, 1.165) is 0 Å². The van der Waals surface area contributed by atoms with Crippen molar-refractivity contribution in [1.29, 1.82) is 0 Å². The van der Waals surface area contributed by atoms with E-state index in [1.807, 2.05) is 0 Å². The molecule has 0 aromatic heterocycles. The van der Waals surface area contributed by atoms with E-state index < -0.39 is 11.5 Å². The summed E-state index contributed by atoms with van der Waals surface area (Å²) in [7, 11) is 0. The normalized spacial score (nSPS) is 19.9. The molecule has 2 N–H and O–H groups in total. The summed E-state index contributed by atoms with van der Waals surface area (Å²) in [5.41, 5.74) is -0.778. The summed E-state index contributed by atoms with van der Waals surface area (Å²) in [6.07, 6.45) is 4.39. The van der Waals surface area contributed by atoms with Crippen molar-refractivity contribution in [3.05, 3.63) is 0 Å². The third-order valence-corrected chi connectivity index (χ3v) is 1.58. The Labute approximate surface area is 55.5 Å². The topological polar surface area (TPSA) is 40.5 Å². The van der Waals surface area contributed by atoms with Gasteiger partial charge >= 0.3 is 0 Å². The molecule has 0 aliphatic rings. The van der Waals surface area contributed by atoms with E-state index in [-0.39, 0.29) is 6.61 Å². The smallest absolute Gasteiger partial charge is 0.0769 e. The van der Waals surface area contributed by atoms with E-state index in [1.165, 1.54) is 0 Å². The van der Waals surface area contributed by atoms with Crippen LogP contribution in [0.25, 0.3) is 0 Å². The average molecular weight is 128 g/mol. The lowest BCUT2D eigenvalue weighted by Gasteiger charge is -2.23. The zero-order valence-corrected chi connectivity index (χ0v) is 5.76. The predicted molar refractivity (Wildman–Crippen MR) is 35.7 cm³/mol. The zero-order valence-electron chi connectivity index (χ0n) is 5.76. The van der Waals surface area contributed by atoms with Crippen LogP contribution in [0.15, 0.2) is 0 Å². The molecule has 0 radical (unpaired) electrons. The van der Waals surface area contributed by atoms with E-state index >= 15 is 0 Å².